The number of nitro groups is 2. The van der Waals surface area contributed by atoms with E-state index in [2.05, 4.69) is 0 Å². The van der Waals surface area contributed by atoms with E-state index in [0.717, 1.165) is 38.5 Å². The fourth-order valence-electron chi connectivity index (χ4n) is 2.98. The average molecular weight is 438 g/mol. The minimum absolute atomic E-state index is 0.156. The first-order chi connectivity index (χ1) is 15.5. The first-order valence-electron chi connectivity index (χ1n) is 10.1. The zero-order chi connectivity index (χ0) is 23.3. The molecule has 0 unspecified atom stereocenters. The highest BCUT2D eigenvalue weighted by Gasteiger charge is 2.17. The van der Waals surface area contributed by atoms with E-state index in [1.807, 2.05) is 12.1 Å². The Hall–Kier alpha value is -4.18. The largest absolute Gasteiger partial charge is 0.487 e. The van der Waals surface area contributed by atoms with Gasteiger partial charge in [-0.1, -0.05) is 25.7 Å². The summed E-state index contributed by atoms with van der Waals surface area (Å²) >= 11 is 0. The number of ether oxygens (including phenoxy) is 2. The van der Waals surface area contributed by atoms with Gasteiger partial charge in [0.1, 0.15) is 0 Å². The minimum Gasteiger partial charge on any atom is -0.487 e. The Kier molecular flexibility index (Phi) is 9.41. The topological polar surface area (TPSA) is 152 Å². The van der Waals surface area contributed by atoms with Gasteiger partial charge in [-0.3, -0.25) is 20.2 Å². The maximum Gasteiger partial charge on any atom is 0.312 e. The number of nitro benzene ring substituents is 2. The smallest absolute Gasteiger partial charge is 0.312 e. The van der Waals surface area contributed by atoms with Crippen LogP contribution in [0.15, 0.2) is 36.4 Å². The summed E-state index contributed by atoms with van der Waals surface area (Å²) < 4.78 is 11.0. The normalized spacial score (nSPS) is 10.1. The van der Waals surface area contributed by atoms with Crippen molar-refractivity contribution in [3.05, 3.63) is 67.8 Å². The second kappa shape index (κ2) is 12.5. The van der Waals surface area contributed by atoms with Crippen molar-refractivity contribution in [3.8, 4) is 23.6 Å². The molecule has 10 heteroatoms. The Morgan fingerprint density at radius 1 is 0.688 bits per heavy atom. The average Bonchev–Trinajstić information content (AvgIpc) is 2.80. The van der Waals surface area contributed by atoms with Crippen LogP contribution in [-0.4, -0.2) is 23.1 Å². The molecule has 32 heavy (non-hydrogen) atoms. The molecule has 0 aliphatic carbocycles. The summed E-state index contributed by atoms with van der Waals surface area (Å²) in [7, 11) is 0. The third-order valence-corrected chi connectivity index (χ3v) is 4.62. The molecular weight excluding hydrogens is 416 g/mol. The first kappa shape index (κ1) is 24.1. The van der Waals surface area contributed by atoms with Crippen molar-refractivity contribution in [1.29, 1.82) is 10.5 Å². The van der Waals surface area contributed by atoms with Gasteiger partial charge in [-0.2, -0.15) is 10.5 Å². The van der Waals surface area contributed by atoms with Crippen LogP contribution in [0, 0.1) is 42.9 Å². The number of hydrogen-bond donors (Lipinski definition) is 0. The third-order valence-electron chi connectivity index (χ3n) is 4.62. The number of unbranched alkanes of at least 4 members (excludes halogenated alkanes) is 5. The highest BCUT2D eigenvalue weighted by atomic mass is 16.6. The van der Waals surface area contributed by atoms with Gasteiger partial charge in [0.2, 0.25) is 0 Å². The maximum absolute atomic E-state index is 11.1. The van der Waals surface area contributed by atoms with Crippen molar-refractivity contribution in [3.63, 3.8) is 0 Å². The SMILES string of the molecule is N#Cc1ccc(OCCCCCCCCOc2ccc(C#N)cc2[N+](=O)[O-])c([N+](=O)[O-])c1. The third kappa shape index (κ3) is 7.26. The number of hydrogen-bond acceptors (Lipinski definition) is 8. The summed E-state index contributed by atoms with van der Waals surface area (Å²) in [5.74, 6) is 0.311. The van der Waals surface area contributed by atoms with Crippen LogP contribution in [0.2, 0.25) is 0 Å². The first-order valence-corrected chi connectivity index (χ1v) is 10.1. The van der Waals surface area contributed by atoms with Crippen LogP contribution in [-0.2, 0) is 0 Å². The number of nitriles is 2. The van der Waals surface area contributed by atoms with Crippen molar-refractivity contribution in [2.45, 2.75) is 38.5 Å². The quantitative estimate of drug-likeness (QED) is 0.239. The van der Waals surface area contributed by atoms with Gasteiger partial charge in [0, 0.05) is 12.1 Å². The molecule has 0 N–H and O–H groups in total. The van der Waals surface area contributed by atoms with Crippen LogP contribution in [0.25, 0.3) is 0 Å². The van der Waals surface area contributed by atoms with E-state index in [4.69, 9.17) is 20.0 Å². The molecule has 0 aromatic heterocycles. The van der Waals surface area contributed by atoms with Crippen LogP contribution in [0.4, 0.5) is 11.4 Å². The molecule has 0 spiro atoms. The molecule has 0 fully saturated rings. The molecule has 0 saturated heterocycles. The zero-order valence-corrected chi connectivity index (χ0v) is 17.4. The van der Waals surface area contributed by atoms with Gasteiger partial charge in [0.25, 0.3) is 0 Å². The molecule has 0 radical (unpaired) electrons. The Morgan fingerprint density at radius 3 is 1.41 bits per heavy atom. The monoisotopic (exact) mass is 438 g/mol. The Bertz CT molecular complexity index is 958. The van der Waals surface area contributed by atoms with Gasteiger partial charge < -0.3 is 9.47 Å². The van der Waals surface area contributed by atoms with Crippen LogP contribution >= 0.6 is 0 Å². The van der Waals surface area contributed by atoms with Gasteiger partial charge in [-0.25, -0.2) is 0 Å². The van der Waals surface area contributed by atoms with Crippen molar-refractivity contribution >= 4 is 11.4 Å². The standard InChI is InChI=1S/C22H22N4O6/c23-15-17-7-9-21(19(13-17)25(27)28)31-11-5-3-1-2-4-6-12-32-22-10-8-18(16-24)14-20(22)26(29)30/h7-10,13-14H,1-6,11-12H2. The minimum atomic E-state index is -0.565. The van der Waals surface area contributed by atoms with Crippen LogP contribution in [0.5, 0.6) is 11.5 Å². The van der Waals surface area contributed by atoms with Gasteiger partial charge in [-0.05, 0) is 37.1 Å². The number of benzene rings is 2. The molecule has 2 aromatic rings. The van der Waals surface area contributed by atoms with Gasteiger partial charge in [-0.15, -0.1) is 0 Å². The van der Waals surface area contributed by atoms with E-state index < -0.39 is 9.85 Å². The lowest BCUT2D eigenvalue weighted by Crippen LogP contribution is -2.02. The molecule has 0 aliphatic heterocycles. The van der Waals surface area contributed by atoms with E-state index in [1.54, 1.807) is 0 Å². The highest BCUT2D eigenvalue weighted by molar-refractivity contribution is 5.52. The van der Waals surface area contributed by atoms with E-state index in [-0.39, 0.29) is 34.0 Å². The van der Waals surface area contributed by atoms with Crippen LogP contribution < -0.4 is 9.47 Å². The summed E-state index contributed by atoms with van der Waals surface area (Å²) in [5, 5.41) is 39.8. The van der Waals surface area contributed by atoms with Gasteiger partial charge >= 0.3 is 11.4 Å². The molecular formula is C22H22N4O6. The van der Waals surface area contributed by atoms with Crippen molar-refractivity contribution in [2.75, 3.05) is 13.2 Å². The van der Waals surface area contributed by atoms with Crippen molar-refractivity contribution < 1.29 is 19.3 Å². The molecule has 0 bridgehead atoms. The molecule has 166 valence electrons. The molecule has 10 nitrogen and oxygen atoms in total. The Morgan fingerprint density at radius 2 is 1.06 bits per heavy atom. The van der Waals surface area contributed by atoms with E-state index in [1.165, 1.54) is 36.4 Å². The van der Waals surface area contributed by atoms with Gasteiger partial charge in [0.05, 0.1) is 46.3 Å². The summed E-state index contributed by atoms with van der Waals surface area (Å²) in [6, 6.07) is 12.0. The Labute approximate surface area is 184 Å². The van der Waals surface area contributed by atoms with Crippen molar-refractivity contribution in [1.82, 2.24) is 0 Å². The lowest BCUT2D eigenvalue weighted by Gasteiger charge is -2.08. The Balaban J connectivity index is 1.61. The number of rotatable bonds is 13. The molecule has 0 saturated carbocycles. The summed E-state index contributed by atoms with van der Waals surface area (Å²) in [5.41, 5.74) is -0.0123. The summed E-state index contributed by atoms with van der Waals surface area (Å²) in [6.45, 7) is 0.691. The fourth-order valence-corrected chi connectivity index (χ4v) is 2.98. The predicted octanol–water partition coefficient (Wildman–Crippen LogP) is 5.04. The van der Waals surface area contributed by atoms with Crippen molar-refractivity contribution in [2.24, 2.45) is 0 Å². The predicted molar refractivity (Wildman–Crippen MR) is 114 cm³/mol. The lowest BCUT2D eigenvalue weighted by molar-refractivity contribution is -0.386. The van der Waals surface area contributed by atoms with E-state index >= 15 is 0 Å². The molecule has 0 atom stereocenters. The lowest BCUT2D eigenvalue weighted by atomic mass is 10.1. The van der Waals surface area contributed by atoms with E-state index in [9.17, 15) is 20.2 Å². The molecule has 0 amide bonds. The fraction of sp³-hybridized carbons (Fsp3) is 0.364. The zero-order valence-electron chi connectivity index (χ0n) is 17.4. The van der Waals surface area contributed by atoms with Gasteiger partial charge in [0.15, 0.2) is 11.5 Å². The molecule has 2 rings (SSSR count). The highest BCUT2D eigenvalue weighted by Crippen LogP contribution is 2.29. The maximum atomic E-state index is 11.1. The molecule has 0 aliphatic rings. The number of nitrogens with zero attached hydrogens (tertiary/aromatic N) is 4. The molecule has 0 heterocycles. The van der Waals surface area contributed by atoms with Crippen LogP contribution in [0.1, 0.15) is 49.7 Å². The van der Waals surface area contributed by atoms with E-state index in [0.29, 0.717) is 13.2 Å². The summed E-state index contributed by atoms with van der Waals surface area (Å²) in [4.78, 5) is 21.0. The summed E-state index contributed by atoms with van der Waals surface area (Å²) in [6.07, 6.45) is 5.18. The molecule has 2 aromatic carbocycles. The second-order valence-corrected chi connectivity index (χ2v) is 6.92. The van der Waals surface area contributed by atoms with Crippen LogP contribution in [0.3, 0.4) is 0 Å². The second-order valence-electron chi connectivity index (χ2n) is 6.92.